The minimum Gasteiger partial charge on any atom is -0.507 e. The maximum atomic E-state index is 12.4. The Balaban J connectivity index is 0.00000280. The van der Waals surface area contributed by atoms with Crippen molar-refractivity contribution in [1.29, 1.82) is 0 Å². The van der Waals surface area contributed by atoms with Gasteiger partial charge in [0, 0.05) is 58.0 Å². The molecular weight excluding hydrogens is 399 g/mol. The fourth-order valence-electron chi connectivity index (χ4n) is 2.64. The molecule has 1 amide bonds. The number of nitro groups is 1. The summed E-state index contributed by atoms with van der Waals surface area (Å²) in [6.45, 7) is 0. The van der Waals surface area contributed by atoms with E-state index in [4.69, 9.17) is 0 Å². The maximum absolute atomic E-state index is 12.4. The quantitative estimate of drug-likeness (QED) is 0.259. The Labute approximate surface area is 181 Å². The van der Waals surface area contributed by atoms with Crippen molar-refractivity contribution in [1.82, 2.24) is 0 Å². The monoisotopic (exact) mass is 411 g/mol. The van der Waals surface area contributed by atoms with E-state index in [2.05, 4.69) is 5.32 Å². The van der Waals surface area contributed by atoms with E-state index in [-0.39, 0.29) is 63.0 Å². The molecule has 0 aliphatic heterocycles. The molecule has 3 rings (SSSR count). The van der Waals surface area contributed by atoms with Gasteiger partial charge in [-0.1, -0.05) is 18.2 Å². The Bertz CT molecular complexity index is 1200. The van der Waals surface area contributed by atoms with Gasteiger partial charge in [-0.2, -0.15) is 8.42 Å². The van der Waals surface area contributed by atoms with Crippen LogP contribution < -0.4 is 5.32 Å². The van der Waals surface area contributed by atoms with Crippen molar-refractivity contribution in [2.24, 2.45) is 0 Å². The minimum atomic E-state index is -4.56. The van der Waals surface area contributed by atoms with Gasteiger partial charge in [-0.3, -0.25) is 19.5 Å². The molecule has 3 aromatic rings. The second kappa shape index (κ2) is 8.25. The van der Waals surface area contributed by atoms with Gasteiger partial charge in [-0.05, 0) is 24.3 Å². The molecule has 3 N–H and O–H groups in total. The summed E-state index contributed by atoms with van der Waals surface area (Å²) in [5.41, 5.74) is -0.185. The fourth-order valence-corrected chi connectivity index (χ4v) is 3.33. The molecule has 0 aliphatic rings. The summed E-state index contributed by atoms with van der Waals surface area (Å²) in [5.74, 6) is -1.00. The normalized spacial score (nSPS) is 10.9. The molecule has 0 saturated carbocycles. The number of non-ortho nitro benzene ring substituents is 1. The molecule has 0 fully saturated rings. The molecule has 3 aromatic carbocycles. The van der Waals surface area contributed by atoms with Gasteiger partial charge in [0.15, 0.2) is 0 Å². The molecule has 0 aliphatic carbocycles. The number of carbonyl (C=O) groups is 1. The molecule has 1 radical (unpaired) electrons. The van der Waals surface area contributed by atoms with Gasteiger partial charge in [0.2, 0.25) is 0 Å². The van der Waals surface area contributed by atoms with Crippen LogP contribution in [0.4, 0.5) is 11.4 Å². The molecule has 0 aromatic heterocycles. The van der Waals surface area contributed by atoms with Gasteiger partial charge in [0.25, 0.3) is 21.7 Å². The van der Waals surface area contributed by atoms with Crippen LogP contribution in [0.15, 0.2) is 59.5 Å². The second-order valence-electron chi connectivity index (χ2n) is 5.55. The third kappa shape index (κ3) is 4.32. The molecule has 0 saturated heterocycles. The zero-order valence-corrected chi connectivity index (χ0v) is 17.3. The first-order valence-electron chi connectivity index (χ1n) is 7.46. The summed E-state index contributed by atoms with van der Waals surface area (Å²) in [6, 6.07) is 11.4. The number of carbonyl (C=O) groups excluding carboxylic acids is 1. The Morgan fingerprint density at radius 2 is 1.75 bits per heavy atom. The number of anilines is 1. The van der Waals surface area contributed by atoms with E-state index in [0.29, 0.717) is 0 Å². The number of nitro benzene ring substituents is 1. The average Bonchev–Trinajstić information content (AvgIpc) is 2.61. The molecule has 139 valence electrons. The number of rotatable bonds is 4. The van der Waals surface area contributed by atoms with E-state index in [0.717, 1.165) is 12.1 Å². The Morgan fingerprint density at radius 1 is 1.07 bits per heavy atom. The molecule has 0 heterocycles. The number of benzene rings is 3. The van der Waals surface area contributed by atoms with Gasteiger partial charge in [-0.15, -0.1) is 0 Å². The van der Waals surface area contributed by atoms with Crippen molar-refractivity contribution in [2.45, 2.75) is 4.90 Å². The van der Waals surface area contributed by atoms with Crippen LogP contribution in [0.1, 0.15) is 10.4 Å². The van der Waals surface area contributed by atoms with Crippen molar-refractivity contribution in [2.75, 3.05) is 5.32 Å². The summed E-state index contributed by atoms with van der Waals surface area (Å²) in [6.07, 6.45) is 0. The molecule has 0 atom stereocenters. The number of hydrogen-bond acceptors (Lipinski definition) is 6. The Hall–Kier alpha value is -2.50. The van der Waals surface area contributed by atoms with Crippen LogP contribution in [0.25, 0.3) is 10.8 Å². The summed E-state index contributed by atoms with van der Waals surface area (Å²) in [7, 11) is -4.56. The number of nitrogens with zero attached hydrogens (tertiary/aromatic N) is 1. The van der Waals surface area contributed by atoms with Crippen LogP contribution in [-0.2, 0) is 10.1 Å². The predicted octanol–water partition coefficient (Wildman–Crippen LogP) is 2.57. The van der Waals surface area contributed by atoms with Crippen LogP contribution in [0.2, 0.25) is 0 Å². The molecule has 0 unspecified atom stereocenters. The average molecular weight is 411 g/mol. The van der Waals surface area contributed by atoms with Crippen molar-refractivity contribution < 1.29 is 27.8 Å². The SMILES string of the molecule is O=C(Nc1ccc(S(=O)(=O)O)c2cccc(O)c12)c1cccc([N+](=O)[O-])c1.[Na]. The molecule has 28 heavy (non-hydrogen) atoms. The standard InChI is InChI=1S/C17H12N2O7S.Na/c20-14-6-2-5-12-15(27(24,25)26)8-7-13(16(12)14)18-17(21)10-3-1-4-11(9-10)19(22)23;/h1-9,20H,(H,18,21)(H,24,25,26);. The molecule has 11 heteroatoms. The first-order valence-corrected chi connectivity index (χ1v) is 8.90. The molecule has 0 spiro atoms. The zero-order valence-electron chi connectivity index (χ0n) is 14.5. The van der Waals surface area contributed by atoms with E-state index in [1.54, 1.807) is 0 Å². The van der Waals surface area contributed by atoms with E-state index >= 15 is 0 Å². The number of nitrogens with one attached hydrogen (secondary N) is 1. The smallest absolute Gasteiger partial charge is 0.295 e. The van der Waals surface area contributed by atoms with Gasteiger partial charge in [0.1, 0.15) is 10.6 Å². The van der Waals surface area contributed by atoms with E-state index in [9.17, 15) is 33.0 Å². The molecule has 0 bridgehead atoms. The molecule has 9 nitrogen and oxygen atoms in total. The third-order valence-electron chi connectivity index (χ3n) is 3.82. The fraction of sp³-hybridized carbons (Fsp3) is 0. The van der Waals surface area contributed by atoms with E-state index < -0.39 is 25.8 Å². The van der Waals surface area contributed by atoms with Crippen molar-refractivity contribution in [3.05, 3.63) is 70.3 Å². The second-order valence-corrected chi connectivity index (χ2v) is 6.94. The number of amides is 1. The van der Waals surface area contributed by atoms with Crippen LogP contribution in [0.5, 0.6) is 5.75 Å². The molecular formula is C17H12N2NaO7S. The van der Waals surface area contributed by atoms with Crippen molar-refractivity contribution in [3.8, 4) is 5.75 Å². The van der Waals surface area contributed by atoms with Gasteiger partial charge >= 0.3 is 0 Å². The number of phenols is 1. The third-order valence-corrected chi connectivity index (χ3v) is 4.74. The Kier molecular flexibility index (Phi) is 6.42. The van der Waals surface area contributed by atoms with E-state index in [1.165, 1.54) is 42.5 Å². The van der Waals surface area contributed by atoms with Gasteiger partial charge in [-0.25, -0.2) is 0 Å². The van der Waals surface area contributed by atoms with Crippen molar-refractivity contribution >= 4 is 67.7 Å². The van der Waals surface area contributed by atoms with Gasteiger partial charge in [0.05, 0.1) is 10.6 Å². The minimum absolute atomic E-state index is 0. The topological polar surface area (TPSA) is 147 Å². The largest absolute Gasteiger partial charge is 0.507 e. The number of fused-ring (bicyclic) bond motifs is 1. The predicted molar refractivity (Wildman–Crippen MR) is 102 cm³/mol. The number of phenolic OH excluding ortho intramolecular Hbond substituents is 1. The van der Waals surface area contributed by atoms with Crippen LogP contribution in [0, 0.1) is 10.1 Å². The number of hydrogen-bond donors (Lipinski definition) is 3. The van der Waals surface area contributed by atoms with Crippen LogP contribution >= 0.6 is 0 Å². The summed E-state index contributed by atoms with van der Waals surface area (Å²) in [4.78, 5) is 22.2. The first kappa shape index (κ1) is 21.8. The maximum Gasteiger partial charge on any atom is 0.295 e. The van der Waals surface area contributed by atoms with E-state index in [1.807, 2.05) is 0 Å². The van der Waals surface area contributed by atoms with Crippen LogP contribution in [0.3, 0.4) is 0 Å². The van der Waals surface area contributed by atoms with Crippen molar-refractivity contribution in [3.63, 3.8) is 0 Å². The summed E-state index contributed by atoms with van der Waals surface area (Å²) in [5, 5.41) is 23.5. The van der Waals surface area contributed by atoms with Gasteiger partial charge < -0.3 is 10.4 Å². The Morgan fingerprint density at radius 3 is 2.39 bits per heavy atom. The first-order chi connectivity index (χ1) is 12.7. The number of aromatic hydroxyl groups is 1. The summed E-state index contributed by atoms with van der Waals surface area (Å²) >= 11 is 0. The summed E-state index contributed by atoms with van der Waals surface area (Å²) < 4.78 is 32.4. The van der Waals surface area contributed by atoms with Crippen LogP contribution in [-0.4, -0.2) is 58.5 Å². The zero-order chi connectivity index (χ0) is 19.8.